The van der Waals surface area contributed by atoms with Gasteiger partial charge in [-0.3, -0.25) is 4.99 Å². The summed E-state index contributed by atoms with van der Waals surface area (Å²) in [7, 11) is 0. The van der Waals surface area contributed by atoms with Crippen LogP contribution in [0.4, 0.5) is 18.9 Å². The second-order valence-electron chi connectivity index (χ2n) is 12.0. The predicted octanol–water partition coefficient (Wildman–Crippen LogP) is 9.15. The highest BCUT2D eigenvalue weighted by atomic mass is 19.4. The third-order valence-electron chi connectivity index (χ3n) is 7.61. The maximum atomic E-state index is 13.0. The van der Waals surface area contributed by atoms with Crippen LogP contribution in [0.5, 0.6) is 17.4 Å². The van der Waals surface area contributed by atoms with Gasteiger partial charge in [0.25, 0.3) is 0 Å². The molecule has 1 aliphatic rings. The number of halogens is 3. The van der Waals surface area contributed by atoms with Crippen molar-refractivity contribution in [2.24, 2.45) is 4.99 Å². The van der Waals surface area contributed by atoms with Crippen LogP contribution in [0, 0.1) is 6.92 Å². The number of allylic oxidation sites excluding steroid dienone is 1. The van der Waals surface area contributed by atoms with Gasteiger partial charge in [-0.25, -0.2) is 9.78 Å². The third-order valence-corrected chi connectivity index (χ3v) is 7.61. The first-order valence-electron chi connectivity index (χ1n) is 14.9. The predicted molar refractivity (Wildman–Crippen MR) is 174 cm³/mol. The summed E-state index contributed by atoms with van der Waals surface area (Å²) >= 11 is 0. The van der Waals surface area contributed by atoms with Gasteiger partial charge in [0.2, 0.25) is 5.88 Å². The minimum absolute atomic E-state index is 0.148. The van der Waals surface area contributed by atoms with E-state index in [4.69, 9.17) is 14.2 Å². The van der Waals surface area contributed by atoms with Gasteiger partial charge in [-0.15, -0.1) is 13.2 Å². The van der Waals surface area contributed by atoms with Crippen molar-refractivity contribution < 1.29 is 42.0 Å². The molecule has 8 nitrogen and oxygen atoms in total. The van der Waals surface area contributed by atoms with Crippen LogP contribution in [0.15, 0.2) is 65.7 Å². The third kappa shape index (κ3) is 7.25. The van der Waals surface area contributed by atoms with Gasteiger partial charge in [0.1, 0.15) is 18.1 Å². The molecule has 0 amide bonds. The van der Waals surface area contributed by atoms with Gasteiger partial charge in [0.15, 0.2) is 6.10 Å². The lowest BCUT2D eigenvalue weighted by Crippen LogP contribution is -2.28. The highest BCUT2D eigenvalue weighted by Gasteiger charge is 2.34. The summed E-state index contributed by atoms with van der Waals surface area (Å²) in [6.07, 6.45) is -3.54. The summed E-state index contributed by atoms with van der Waals surface area (Å²) in [5.74, 6) is -0.739. The summed E-state index contributed by atoms with van der Waals surface area (Å²) in [6, 6.07) is 14.4. The van der Waals surface area contributed by atoms with E-state index < -0.39 is 24.0 Å². The van der Waals surface area contributed by atoms with Crippen LogP contribution < -0.4 is 14.2 Å². The number of carboxylic acid groups (broad SMARTS) is 1. The average Bonchev–Trinajstić information content (AvgIpc) is 3.00. The maximum Gasteiger partial charge on any atom is 0.573 e. The number of aliphatic imine (C=N–C) groups is 1. The molecule has 4 aromatic rings. The Bertz CT molecular complexity index is 1880. The molecule has 5 rings (SSSR count). The Morgan fingerprint density at radius 2 is 1.87 bits per heavy atom. The van der Waals surface area contributed by atoms with Crippen LogP contribution in [-0.4, -0.2) is 41.3 Å². The number of aromatic nitrogens is 1. The summed E-state index contributed by atoms with van der Waals surface area (Å²) in [5.41, 5.74) is 4.37. The van der Waals surface area contributed by atoms with Gasteiger partial charge in [-0.2, -0.15) is 0 Å². The molecule has 11 heteroatoms. The molecule has 1 aliphatic heterocycles. The van der Waals surface area contributed by atoms with E-state index in [0.29, 0.717) is 57.6 Å². The molecule has 1 unspecified atom stereocenters. The molecule has 1 atom stereocenters. The first kappa shape index (κ1) is 33.5. The van der Waals surface area contributed by atoms with E-state index in [1.807, 2.05) is 25.1 Å². The number of nitrogens with zero attached hydrogens (tertiary/aromatic N) is 2. The quantitative estimate of drug-likeness (QED) is 0.181. The number of carboxylic acids is 1. The normalized spacial score (nSPS) is 14.8. The number of aliphatic carboxylic acids is 1. The molecule has 1 N–H and O–H groups in total. The van der Waals surface area contributed by atoms with Crippen molar-refractivity contribution >= 4 is 34.9 Å². The van der Waals surface area contributed by atoms with Gasteiger partial charge in [-0.05, 0) is 88.4 Å². The van der Waals surface area contributed by atoms with Gasteiger partial charge in [0.05, 0.1) is 23.4 Å². The monoisotopic (exact) mass is 648 g/mol. The highest BCUT2D eigenvalue weighted by Crippen LogP contribution is 2.49. The number of hydrogen-bond acceptors (Lipinski definition) is 7. The number of fused-ring (bicyclic) bond motifs is 2. The van der Waals surface area contributed by atoms with E-state index in [1.54, 1.807) is 52.0 Å². The molecular weight excluding hydrogens is 613 g/mol. The van der Waals surface area contributed by atoms with Gasteiger partial charge in [-0.1, -0.05) is 24.3 Å². The molecule has 0 bridgehead atoms. The lowest BCUT2D eigenvalue weighted by atomic mass is 9.85. The zero-order valence-corrected chi connectivity index (χ0v) is 26.7. The molecule has 0 radical (unpaired) electrons. The van der Waals surface area contributed by atoms with Crippen molar-refractivity contribution in [2.75, 3.05) is 6.61 Å². The Labute approximate surface area is 270 Å². The molecule has 47 heavy (non-hydrogen) atoms. The summed E-state index contributed by atoms with van der Waals surface area (Å²) in [4.78, 5) is 21.9. The van der Waals surface area contributed by atoms with Crippen LogP contribution in [-0.2, 0) is 16.1 Å². The van der Waals surface area contributed by atoms with Crippen molar-refractivity contribution in [3.8, 4) is 28.5 Å². The molecule has 0 saturated heterocycles. The van der Waals surface area contributed by atoms with E-state index >= 15 is 0 Å². The standard InChI is InChI=1S/C36H35F3N2O6/c1-7-21-16-17-44-27-14-12-24(32(40-6)30(21)27)31-23-13-15-28(45-19-22-10-8-9-11-26(22)46-36(37,38)39)41-25(23)18-20(2)29(31)33(34(42)43)47-35(3,4)5/h7-15,18,33H,6,16-17,19H2,1-5H3,(H,42,43). The Morgan fingerprint density at radius 1 is 1.13 bits per heavy atom. The second kappa shape index (κ2) is 13.1. The summed E-state index contributed by atoms with van der Waals surface area (Å²) in [6.45, 7) is 13.2. The van der Waals surface area contributed by atoms with Crippen LogP contribution in [0.2, 0.25) is 0 Å². The number of pyridine rings is 1. The molecule has 0 spiro atoms. The topological polar surface area (TPSA) is 99.5 Å². The minimum atomic E-state index is -4.86. The zero-order valence-electron chi connectivity index (χ0n) is 26.7. The fourth-order valence-electron chi connectivity index (χ4n) is 5.75. The van der Waals surface area contributed by atoms with E-state index in [1.165, 1.54) is 18.2 Å². The van der Waals surface area contributed by atoms with Crippen molar-refractivity contribution in [3.05, 3.63) is 82.9 Å². The molecule has 0 saturated carbocycles. The first-order valence-corrected chi connectivity index (χ1v) is 14.9. The van der Waals surface area contributed by atoms with Crippen molar-refractivity contribution in [3.63, 3.8) is 0 Å². The number of benzene rings is 3. The largest absolute Gasteiger partial charge is 0.573 e. The van der Waals surface area contributed by atoms with Crippen molar-refractivity contribution in [2.45, 2.75) is 65.7 Å². The molecule has 2 heterocycles. The van der Waals surface area contributed by atoms with E-state index in [0.717, 1.165) is 11.1 Å². The first-order chi connectivity index (χ1) is 22.2. The number of aryl methyl sites for hydroxylation is 1. The fourth-order valence-corrected chi connectivity index (χ4v) is 5.75. The van der Waals surface area contributed by atoms with E-state index in [9.17, 15) is 23.1 Å². The van der Waals surface area contributed by atoms with Gasteiger partial charge >= 0.3 is 12.3 Å². The minimum Gasteiger partial charge on any atom is -0.493 e. The Morgan fingerprint density at radius 3 is 2.53 bits per heavy atom. The lowest BCUT2D eigenvalue weighted by Gasteiger charge is -2.29. The maximum absolute atomic E-state index is 13.0. The zero-order chi connectivity index (χ0) is 34.1. The Balaban J connectivity index is 1.70. The van der Waals surface area contributed by atoms with Gasteiger partial charge in [0, 0.05) is 40.1 Å². The molecule has 246 valence electrons. The van der Waals surface area contributed by atoms with Crippen LogP contribution >= 0.6 is 0 Å². The number of alkyl halides is 3. The SMILES string of the molecule is C=Nc1c(-c2c(C(OC(C)(C)C)C(=O)O)c(C)cc3nc(OCc4ccccc4OC(F)(F)F)ccc23)ccc2c1C(=CC)CCO2. The average molecular weight is 649 g/mol. The van der Waals surface area contributed by atoms with E-state index in [-0.39, 0.29) is 23.8 Å². The van der Waals surface area contributed by atoms with Crippen molar-refractivity contribution in [1.82, 2.24) is 4.98 Å². The Kier molecular flexibility index (Phi) is 9.31. The number of hydrogen-bond donors (Lipinski definition) is 1. The fraction of sp³-hybridized carbons (Fsp3) is 0.306. The Hall–Kier alpha value is -4.90. The molecular formula is C36H35F3N2O6. The summed E-state index contributed by atoms with van der Waals surface area (Å²) < 4.78 is 60.9. The number of para-hydroxylation sites is 1. The lowest BCUT2D eigenvalue weighted by molar-refractivity contribution is -0.275. The van der Waals surface area contributed by atoms with Gasteiger partial charge < -0.3 is 24.1 Å². The smallest absolute Gasteiger partial charge is 0.493 e. The molecule has 0 fully saturated rings. The summed E-state index contributed by atoms with van der Waals surface area (Å²) in [5, 5.41) is 11.1. The number of ether oxygens (including phenoxy) is 4. The van der Waals surface area contributed by atoms with Crippen LogP contribution in [0.25, 0.3) is 27.6 Å². The second-order valence-corrected chi connectivity index (χ2v) is 12.0. The number of carbonyl (C=O) groups is 1. The van der Waals surface area contributed by atoms with Crippen molar-refractivity contribution in [1.29, 1.82) is 0 Å². The van der Waals surface area contributed by atoms with Crippen LogP contribution in [0.1, 0.15) is 62.5 Å². The molecule has 3 aromatic carbocycles. The highest BCUT2D eigenvalue weighted by molar-refractivity contribution is 6.04. The molecule has 1 aromatic heterocycles. The van der Waals surface area contributed by atoms with Crippen LogP contribution in [0.3, 0.4) is 0 Å². The molecule has 0 aliphatic carbocycles. The van der Waals surface area contributed by atoms with E-state index in [2.05, 4.69) is 21.4 Å². The number of rotatable bonds is 9.